The standard InChI is InChI=1S/C20H22O7/c1-7(2)17-10(24-17)13-20(27-13)16(3)5-4-8-9(6-23-14(8)21)18(16)11(25-18)12-19(20,26-12)15(17)22/h7,10-13,15,22H,4-6H2,1-3H3/t10-,11-,12-,13-,15-,16-,17-,18-,19+,20+/m0/s1. The van der Waals surface area contributed by atoms with Gasteiger partial charge in [-0.25, -0.2) is 4.79 Å². The minimum Gasteiger partial charge on any atom is -0.458 e. The molecular weight excluding hydrogens is 352 g/mol. The summed E-state index contributed by atoms with van der Waals surface area (Å²) >= 11 is 0. The molecule has 0 bridgehead atoms. The lowest BCUT2D eigenvalue weighted by Gasteiger charge is -2.51. The van der Waals surface area contributed by atoms with Crippen molar-refractivity contribution in [2.45, 2.75) is 86.5 Å². The van der Waals surface area contributed by atoms with Gasteiger partial charge in [0.25, 0.3) is 0 Å². The molecule has 0 aromatic carbocycles. The van der Waals surface area contributed by atoms with Crippen molar-refractivity contribution < 1.29 is 33.6 Å². The first-order chi connectivity index (χ1) is 12.8. The largest absolute Gasteiger partial charge is 0.458 e. The molecule has 0 aromatic rings. The van der Waals surface area contributed by atoms with Gasteiger partial charge in [-0.2, -0.15) is 0 Å². The van der Waals surface area contributed by atoms with Crippen molar-refractivity contribution in [1.29, 1.82) is 0 Å². The molecular formula is C20H22O7. The lowest BCUT2D eigenvalue weighted by Crippen LogP contribution is -2.71. The smallest absolute Gasteiger partial charge is 0.334 e. The van der Waals surface area contributed by atoms with Crippen LogP contribution in [-0.2, 0) is 28.5 Å². The van der Waals surface area contributed by atoms with E-state index in [0.29, 0.717) is 13.0 Å². The zero-order valence-electron chi connectivity index (χ0n) is 15.5. The van der Waals surface area contributed by atoms with Crippen molar-refractivity contribution in [2.75, 3.05) is 6.61 Å². The van der Waals surface area contributed by atoms with Crippen LogP contribution >= 0.6 is 0 Å². The predicted molar refractivity (Wildman–Crippen MR) is 86.6 cm³/mol. The predicted octanol–water partition coefficient (Wildman–Crippen LogP) is 0.234. The van der Waals surface area contributed by atoms with Crippen LogP contribution in [0.15, 0.2) is 11.1 Å². The first-order valence-electron chi connectivity index (χ1n) is 10.1. The second-order valence-electron chi connectivity index (χ2n) is 10.2. The van der Waals surface area contributed by atoms with Gasteiger partial charge in [-0.3, -0.25) is 0 Å². The number of hydrogen-bond acceptors (Lipinski definition) is 7. The van der Waals surface area contributed by atoms with Crippen LogP contribution in [0.5, 0.6) is 0 Å². The minimum absolute atomic E-state index is 0.0829. The monoisotopic (exact) mass is 374 g/mol. The quantitative estimate of drug-likeness (QED) is 0.519. The Labute approximate surface area is 155 Å². The lowest BCUT2D eigenvalue weighted by molar-refractivity contribution is -0.136. The molecule has 3 aliphatic carbocycles. The van der Waals surface area contributed by atoms with Crippen LogP contribution in [0.4, 0.5) is 0 Å². The number of carbonyl (C=O) groups is 1. The number of epoxide rings is 4. The van der Waals surface area contributed by atoms with E-state index in [1.807, 2.05) is 0 Å². The summed E-state index contributed by atoms with van der Waals surface area (Å²) in [6.45, 7) is 6.69. The molecule has 8 aliphatic rings. The second-order valence-corrected chi connectivity index (χ2v) is 10.2. The van der Waals surface area contributed by atoms with Gasteiger partial charge < -0.3 is 28.8 Å². The lowest BCUT2D eigenvalue weighted by atomic mass is 9.46. The van der Waals surface area contributed by atoms with E-state index in [2.05, 4.69) is 20.8 Å². The molecule has 7 heteroatoms. The molecule has 3 spiro atoms. The van der Waals surface area contributed by atoms with Crippen LogP contribution in [0.25, 0.3) is 0 Å². The summed E-state index contributed by atoms with van der Waals surface area (Å²) in [5.41, 5.74) is -1.09. The Hall–Kier alpha value is -0.990. The van der Waals surface area contributed by atoms with Gasteiger partial charge in [-0.15, -0.1) is 0 Å². The zero-order valence-corrected chi connectivity index (χ0v) is 15.5. The molecule has 8 rings (SSSR count). The van der Waals surface area contributed by atoms with Crippen molar-refractivity contribution >= 4 is 5.97 Å². The maximum absolute atomic E-state index is 12.2. The Balaban J connectivity index is 1.35. The highest BCUT2D eigenvalue weighted by molar-refractivity contribution is 5.93. The van der Waals surface area contributed by atoms with Crippen molar-refractivity contribution in [3.8, 4) is 0 Å². The van der Waals surface area contributed by atoms with Gasteiger partial charge in [-0.1, -0.05) is 20.8 Å². The molecule has 144 valence electrons. The van der Waals surface area contributed by atoms with E-state index in [1.54, 1.807) is 0 Å². The first-order valence-corrected chi connectivity index (χ1v) is 10.1. The van der Waals surface area contributed by atoms with Crippen molar-refractivity contribution in [2.24, 2.45) is 11.3 Å². The van der Waals surface area contributed by atoms with E-state index in [1.165, 1.54) is 0 Å². The van der Waals surface area contributed by atoms with Gasteiger partial charge in [0.05, 0.1) is 0 Å². The molecule has 4 saturated heterocycles. The van der Waals surface area contributed by atoms with E-state index >= 15 is 0 Å². The summed E-state index contributed by atoms with van der Waals surface area (Å²) in [5.74, 6) is -0.0249. The van der Waals surface area contributed by atoms with Crippen LogP contribution in [0.3, 0.4) is 0 Å². The number of aliphatic hydroxyl groups excluding tert-OH is 1. The van der Waals surface area contributed by atoms with E-state index in [0.717, 1.165) is 17.6 Å². The summed E-state index contributed by atoms with van der Waals surface area (Å²) in [6, 6.07) is 0. The molecule has 27 heavy (non-hydrogen) atoms. The number of carbonyl (C=O) groups excluding carboxylic acids is 1. The van der Waals surface area contributed by atoms with Crippen LogP contribution in [0, 0.1) is 11.3 Å². The maximum atomic E-state index is 12.2. The average Bonchev–Trinajstić information content (AvgIpc) is 3.47. The number of cyclic esters (lactones) is 1. The summed E-state index contributed by atoms with van der Waals surface area (Å²) < 4.78 is 30.8. The highest BCUT2D eigenvalue weighted by Gasteiger charge is 3.06. The molecule has 5 heterocycles. The number of ether oxygens (including phenoxy) is 5. The van der Waals surface area contributed by atoms with Crippen molar-refractivity contribution in [1.82, 2.24) is 0 Å². The van der Waals surface area contributed by atoms with Crippen LogP contribution in [0.2, 0.25) is 0 Å². The van der Waals surface area contributed by atoms with Gasteiger partial charge in [0.2, 0.25) is 0 Å². The minimum atomic E-state index is -0.754. The molecule has 0 radical (unpaired) electrons. The van der Waals surface area contributed by atoms with Crippen LogP contribution in [-0.4, -0.2) is 70.6 Å². The SMILES string of the molecule is CC(C)[C@]12O[C@H]1[C@@H]1O[C@]13[C@]1(O[C@H]1[C@@H]1O[C@@]14C1=C(CC[C@]34C)C(=O)OC1)[C@H]2O. The fraction of sp³-hybridized carbons (Fsp3) is 0.850. The van der Waals surface area contributed by atoms with Crippen LogP contribution < -0.4 is 0 Å². The summed E-state index contributed by atoms with van der Waals surface area (Å²) in [7, 11) is 0. The second kappa shape index (κ2) is 3.52. The van der Waals surface area contributed by atoms with Gasteiger partial charge in [0.1, 0.15) is 53.9 Å². The molecule has 1 N–H and O–H groups in total. The highest BCUT2D eigenvalue weighted by atomic mass is 16.8. The summed E-state index contributed by atoms with van der Waals surface area (Å²) in [5, 5.41) is 11.5. The molecule has 0 aromatic heterocycles. The van der Waals surface area contributed by atoms with Crippen molar-refractivity contribution in [3.05, 3.63) is 11.1 Å². The number of aliphatic hydroxyl groups is 1. The fourth-order valence-corrected chi connectivity index (χ4v) is 8.14. The first kappa shape index (κ1) is 14.9. The average molecular weight is 374 g/mol. The highest BCUT2D eigenvalue weighted by Crippen LogP contribution is 2.87. The number of rotatable bonds is 1. The van der Waals surface area contributed by atoms with Crippen molar-refractivity contribution in [3.63, 3.8) is 0 Å². The molecule has 10 atom stereocenters. The van der Waals surface area contributed by atoms with E-state index in [4.69, 9.17) is 23.7 Å². The zero-order chi connectivity index (χ0) is 18.4. The van der Waals surface area contributed by atoms with E-state index in [9.17, 15) is 9.90 Å². The molecule has 0 unspecified atom stereocenters. The van der Waals surface area contributed by atoms with Gasteiger partial charge in [0, 0.05) is 16.6 Å². The number of esters is 1. The Morgan fingerprint density at radius 3 is 2.67 bits per heavy atom. The third-order valence-electron chi connectivity index (χ3n) is 9.51. The van der Waals surface area contributed by atoms with E-state index in [-0.39, 0.29) is 41.7 Å². The summed E-state index contributed by atoms with van der Waals surface area (Å²) in [4.78, 5) is 12.2. The Bertz CT molecular complexity index is 912. The topological polar surface area (TPSA) is 96.7 Å². The van der Waals surface area contributed by atoms with E-state index < -0.39 is 28.5 Å². The van der Waals surface area contributed by atoms with Gasteiger partial charge in [0.15, 0.2) is 5.60 Å². The third-order valence-corrected chi connectivity index (χ3v) is 9.51. The van der Waals surface area contributed by atoms with Crippen LogP contribution in [0.1, 0.15) is 33.6 Å². The van der Waals surface area contributed by atoms with Gasteiger partial charge in [-0.05, 0) is 18.8 Å². The Morgan fingerprint density at radius 2 is 1.89 bits per heavy atom. The Morgan fingerprint density at radius 1 is 1.07 bits per heavy atom. The molecule has 6 fully saturated rings. The third kappa shape index (κ3) is 1.04. The molecule has 5 aliphatic heterocycles. The summed E-state index contributed by atoms with van der Waals surface area (Å²) in [6.07, 6.45) is 0.165. The molecule has 0 amide bonds. The maximum Gasteiger partial charge on any atom is 0.334 e. The number of fused-ring (bicyclic) bond motifs is 3. The molecule has 7 nitrogen and oxygen atoms in total. The fourth-order valence-electron chi connectivity index (χ4n) is 8.14. The number of hydrogen-bond donors (Lipinski definition) is 1. The van der Waals surface area contributed by atoms with Gasteiger partial charge >= 0.3 is 5.97 Å². The molecule has 2 saturated carbocycles. The Kier molecular flexibility index (Phi) is 1.95. The normalized spacial score (nSPS) is 67.9.